The van der Waals surface area contributed by atoms with E-state index in [0.717, 1.165) is 12.1 Å². The quantitative estimate of drug-likeness (QED) is 0.798. The van der Waals surface area contributed by atoms with Gasteiger partial charge in [0, 0.05) is 25.0 Å². The molecule has 0 fully saturated rings. The first-order chi connectivity index (χ1) is 9.70. The van der Waals surface area contributed by atoms with E-state index in [2.05, 4.69) is 0 Å². The number of pyridine rings is 1. The van der Waals surface area contributed by atoms with Crippen LogP contribution in [0.5, 0.6) is 0 Å². The molecule has 0 saturated heterocycles. The second-order valence-corrected chi connectivity index (χ2v) is 4.71. The second-order valence-electron chi connectivity index (χ2n) is 4.71. The number of carbonyl (C=O) groups excluding carboxylic acids is 1. The number of nitrogens with zero attached hydrogens (tertiary/aromatic N) is 1. The fourth-order valence-electron chi connectivity index (χ4n) is 2.03. The third-order valence-electron chi connectivity index (χ3n) is 3.03. The summed E-state index contributed by atoms with van der Waals surface area (Å²) < 4.78 is 39.7. The van der Waals surface area contributed by atoms with Crippen LogP contribution < -0.4 is 5.43 Å². The highest BCUT2D eigenvalue weighted by atomic mass is 19.4. The maximum Gasteiger partial charge on any atom is 0.416 e. The Morgan fingerprint density at radius 1 is 1.19 bits per heavy atom. The van der Waals surface area contributed by atoms with Crippen LogP contribution in [0.15, 0.2) is 41.5 Å². The van der Waals surface area contributed by atoms with Crippen molar-refractivity contribution in [3.05, 3.63) is 58.0 Å². The van der Waals surface area contributed by atoms with Gasteiger partial charge in [0.2, 0.25) is 0 Å². The molecule has 1 aromatic carbocycles. The molecular formula is C15H12F3NO2. The maximum absolute atomic E-state index is 12.7. The molecule has 2 aromatic rings. The second kappa shape index (κ2) is 5.20. The summed E-state index contributed by atoms with van der Waals surface area (Å²) in [6, 6.07) is 4.48. The highest BCUT2D eigenvalue weighted by Gasteiger charge is 2.30. The van der Waals surface area contributed by atoms with Crippen LogP contribution in [-0.2, 0) is 13.2 Å². The highest BCUT2D eigenvalue weighted by Crippen LogP contribution is 2.31. The first kappa shape index (κ1) is 15.0. The van der Waals surface area contributed by atoms with Crippen LogP contribution in [-0.4, -0.2) is 10.4 Å². The SMILES string of the molecule is CC(=O)c1cn(C)cc(-c2cccc(C(F)(F)F)c2)c1=O. The highest BCUT2D eigenvalue weighted by molar-refractivity contribution is 5.94. The number of alkyl halides is 3. The molecule has 0 atom stereocenters. The van der Waals surface area contributed by atoms with Gasteiger partial charge >= 0.3 is 6.18 Å². The summed E-state index contributed by atoms with van der Waals surface area (Å²) in [5.41, 5.74) is -1.26. The normalized spacial score (nSPS) is 11.5. The fraction of sp³-hybridized carbons (Fsp3) is 0.200. The summed E-state index contributed by atoms with van der Waals surface area (Å²) in [6.07, 6.45) is -1.72. The Hall–Kier alpha value is -2.37. The molecule has 6 heteroatoms. The third kappa shape index (κ3) is 3.04. The average Bonchev–Trinajstić information content (AvgIpc) is 2.40. The lowest BCUT2D eigenvalue weighted by Crippen LogP contribution is -2.17. The van der Waals surface area contributed by atoms with Gasteiger partial charge in [-0.3, -0.25) is 9.59 Å². The number of hydrogen-bond acceptors (Lipinski definition) is 2. The summed E-state index contributed by atoms with van der Waals surface area (Å²) in [7, 11) is 1.60. The molecule has 0 N–H and O–H groups in total. The van der Waals surface area contributed by atoms with Gasteiger partial charge in [-0.05, 0) is 24.6 Å². The van der Waals surface area contributed by atoms with Crippen LogP contribution in [0.3, 0.4) is 0 Å². The van der Waals surface area contributed by atoms with Crippen molar-refractivity contribution in [2.45, 2.75) is 13.1 Å². The van der Waals surface area contributed by atoms with Crippen LogP contribution in [0, 0.1) is 0 Å². The molecule has 0 bridgehead atoms. The molecule has 110 valence electrons. The minimum atomic E-state index is -4.49. The number of hydrogen-bond donors (Lipinski definition) is 0. The van der Waals surface area contributed by atoms with Gasteiger partial charge in [-0.25, -0.2) is 0 Å². The van der Waals surface area contributed by atoms with Crippen molar-refractivity contribution < 1.29 is 18.0 Å². The number of carbonyl (C=O) groups is 1. The van der Waals surface area contributed by atoms with E-state index in [1.807, 2.05) is 0 Å². The van der Waals surface area contributed by atoms with Crippen LogP contribution in [0.25, 0.3) is 11.1 Å². The van der Waals surface area contributed by atoms with E-state index in [-0.39, 0.29) is 16.7 Å². The molecule has 0 aliphatic heterocycles. The van der Waals surface area contributed by atoms with Gasteiger partial charge in [0.25, 0.3) is 0 Å². The molecular weight excluding hydrogens is 283 g/mol. The molecule has 0 saturated carbocycles. The Balaban J connectivity index is 2.68. The Labute approximate surface area is 118 Å². The van der Waals surface area contributed by atoms with Crippen LogP contribution in [0.4, 0.5) is 13.2 Å². The molecule has 3 nitrogen and oxygen atoms in total. The molecule has 0 spiro atoms. The lowest BCUT2D eigenvalue weighted by molar-refractivity contribution is -0.137. The predicted octanol–water partition coefficient (Wildman–Crippen LogP) is 3.27. The fourth-order valence-corrected chi connectivity index (χ4v) is 2.03. The molecule has 0 unspecified atom stereocenters. The Bertz CT molecular complexity index is 760. The zero-order chi connectivity index (χ0) is 15.8. The molecule has 1 aromatic heterocycles. The predicted molar refractivity (Wildman–Crippen MR) is 72.1 cm³/mol. The van der Waals surface area contributed by atoms with Crippen molar-refractivity contribution in [3.8, 4) is 11.1 Å². The van der Waals surface area contributed by atoms with E-state index < -0.39 is 23.0 Å². The summed E-state index contributed by atoms with van der Waals surface area (Å²) in [6.45, 7) is 1.24. The zero-order valence-corrected chi connectivity index (χ0v) is 11.4. The van der Waals surface area contributed by atoms with Gasteiger partial charge < -0.3 is 4.57 Å². The number of Topliss-reactive ketones (excluding diaryl/α,β-unsaturated/α-hetero) is 1. The number of rotatable bonds is 2. The Kier molecular flexibility index (Phi) is 3.72. The molecule has 21 heavy (non-hydrogen) atoms. The molecule has 0 aliphatic rings. The topological polar surface area (TPSA) is 39.1 Å². The van der Waals surface area contributed by atoms with Crippen molar-refractivity contribution in [1.29, 1.82) is 0 Å². The van der Waals surface area contributed by atoms with E-state index in [1.165, 1.54) is 36.0 Å². The number of halogens is 3. The lowest BCUT2D eigenvalue weighted by atomic mass is 10.0. The average molecular weight is 295 g/mol. The maximum atomic E-state index is 12.7. The van der Waals surface area contributed by atoms with E-state index in [1.54, 1.807) is 7.05 Å². The third-order valence-corrected chi connectivity index (χ3v) is 3.03. The Morgan fingerprint density at radius 3 is 2.43 bits per heavy atom. The van der Waals surface area contributed by atoms with Gasteiger partial charge in [0.1, 0.15) is 0 Å². The summed E-state index contributed by atoms with van der Waals surface area (Å²) >= 11 is 0. The Morgan fingerprint density at radius 2 is 1.86 bits per heavy atom. The lowest BCUT2D eigenvalue weighted by Gasteiger charge is -2.10. The number of aryl methyl sites for hydroxylation is 1. The first-order valence-electron chi connectivity index (χ1n) is 6.09. The van der Waals surface area contributed by atoms with Crippen molar-refractivity contribution in [3.63, 3.8) is 0 Å². The minimum Gasteiger partial charge on any atom is -0.356 e. The van der Waals surface area contributed by atoms with E-state index in [4.69, 9.17) is 0 Å². The largest absolute Gasteiger partial charge is 0.416 e. The summed E-state index contributed by atoms with van der Waals surface area (Å²) in [4.78, 5) is 23.6. The van der Waals surface area contributed by atoms with Crippen molar-refractivity contribution in [2.24, 2.45) is 7.05 Å². The zero-order valence-electron chi connectivity index (χ0n) is 11.4. The molecule has 0 aliphatic carbocycles. The molecule has 1 heterocycles. The van der Waals surface area contributed by atoms with E-state index in [0.29, 0.717) is 0 Å². The monoisotopic (exact) mass is 295 g/mol. The number of aromatic nitrogens is 1. The van der Waals surface area contributed by atoms with Crippen molar-refractivity contribution >= 4 is 5.78 Å². The van der Waals surface area contributed by atoms with Crippen molar-refractivity contribution in [2.75, 3.05) is 0 Å². The van der Waals surface area contributed by atoms with Gasteiger partial charge in [-0.1, -0.05) is 12.1 Å². The van der Waals surface area contributed by atoms with E-state index >= 15 is 0 Å². The molecule has 0 radical (unpaired) electrons. The number of benzene rings is 1. The van der Waals surface area contributed by atoms with Gasteiger partial charge in [-0.15, -0.1) is 0 Å². The summed E-state index contributed by atoms with van der Waals surface area (Å²) in [5.74, 6) is -0.426. The minimum absolute atomic E-state index is 0.0487. The van der Waals surface area contributed by atoms with Crippen LogP contribution in [0.2, 0.25) is 0 Å². The van der Waals surface area contributed by atoms with Gasteiger partial charge in [0.15, 0.2) is 11.2 Å². The standard InChI is InChI=1S/C15H12F3NO2/c1-9(20)12-7-19(2)8-13(14(12)21)10-4-3-5-11(6-10)15(16,17)18/h3-8H,1-2H3. The van der Waals surface area contributed by atoms with Crippen molar-refractivity contribution in [1.82, 2.24) is 4.57 Å². The number of ketones is 1. The first-order valence-corrected chi connectivity index (χ1v) is 6.09. The van der Waals surface area contributed by atoms with Crippen LogP contribution >= 0.6 is 0 Å². The van der Waals surface area contributed by atoms with Gasteiger partial charge in [-0.2, -0.15) is 13.2 Å². The molecule has 2 rings (SSSR count). The van der Waals surface area contributed by atoms with Gasteiger partial charge in [0.05, 0.1) is 11.1 Å². The molecule has 0 amide bonds. The summed E-state index contributed by atoms with van der Waals surface area (Å²) in [5, 5.41) is 0. The van der Waals surface area contributed by atoms with Crippen LogP contribution in [0.1, 0.15) is 22.8 Å². The van der Waals surface area contributed by atoms with E-state index in [9.17, 15) is 22.8 Å². The smallest absolute Gasteiger partial charge is 0.356 e.